The van der Waals surface area contributed by atoms with Crippen LogP contribution in [0.2, 0.25) is 0 Å². The Balaban J connectivity index is 1.76. The highest BCUT2D eigenvalue weighted by molar-refractivity contribution is 7.17. The third-order valence-electron chi connectivity index (χ3n) is 4.77. The number of para-hydroxylation sites is 1. The van der Waals surface area contributed by atoms with E-state index in [1.54, 1.807) is 6.92 Å². The number of likely N-dealkylation sites (N-methyl/N-ethyl adjacent to an activating group) is 1. The number of fused-ring (bicyclic) bond motifs is 1. The number of hydrogen-bond donors (Lipinski definition) is 1. The number of rotatable bonds is 7. The summed E-state index contributed by atoms with van der Waals surface area (Å²) in [6, 6.07) is 7.55. The standard InChI is InChI=1S/C21H26N2O4S/c1-4-23-11-10-15-17(12-23)28-20(19(15)21(25)26-5-2)22-18(24)13-27-16-9-7-6-8-14(16)3/h6-9H,4-5,10-13H2,1-3H3,(H,22,24). The highest BCUT2D eigenvalue weighted by atomic mass is 32.1. The minimum absolute atomic E-state index is 0.114. The van der Waals surface area contributed by atoms with Crippen LogP contribution in [0.25, 0.3) is 0 Å². The Morgan fingerprint density at radius 1 is 1.25 bits per heavy atom. The van der Waals surface area contributed by atoms with E-state index in [0.29, 0.717) is 22.9 Å². The van der Waals surface area contributed by atoms with Gasteiger partial charge in [-0.05, 0) is 44.0 Å². The lowest BCUT2D eigenvalue weighted by Gasteiger charge is -2.25. The molecule has 0 radical (unpaired) electrons. The first-order valence-corrected chi connectivity index (χ1v) is 10.4. The van der Waals surface area contributed by atoms with Gasteiger partial charge >= 0.3 is 5.97 Å². The summed E-state index contributed by atoms with van der Waals surface area (Å²) in [4.78, 5) is 28.5. The molecule has 0 aliphatic carbocycles. The van der Waals surface area contributed by atoms with Crippen LogP contribution in [-0.4, -0.2) is 43.1 Å². The predicted octanol–water partition coefficient (Wildman–Crippen LogP) is 3.63. The van der Waals surface area contributed by atoms with E-state index in [1.807, 2.05) is 31.2 Å². The van der Waals surface area contributed by atoms with Crippen molar-refractivity contribution in [3.05, 3.63) is 45.8 Å². The van der Waals surface area contributed by atoms with Crippen LogP contribution < -0.4 is 10.1 Å². The van der Waals surface area contributed by atoms with Gasteiger partial charge in [-0.1, -0.05) is 25.1 Å². The molecule has 0 fully saturated rings. The highest BCUT2D eigenvalue weighted by Crippen LogP contribution is 2.37. The number of esters is 1. The monoisotopic (exact) mass is 402 g/mol. The van der Waals surface area contributed by atoms with Gasteiger partial charge in [0.1, 0.15) is 10.8 Å². The topological polar surface area (TPSA) is 67.9 Å². The fourth-order valence-electron chi connectivity index (χ4n) is 3.26. The van der Waals surface area contributed by atoms with Gasteiger partial charge < -0.3 is 14.8 Å². The number of benzene rings is 1. The zero-order valence-corrected chi connectivity index (χ0v) is 17.4. The largest absolute Gasteiger partial charge is 0.483 e. The summed E-state index contributed by atoms with van der Waals surface area (Å²) < 4.78 is 10.9. The number of nitrogens with one attached hydrogen (secondary N) is 1. The van der Waals surface area contributed by atoms with Crippen LogP contribution in [-0.2, 0) is 22.5 Å². The lowest BCUT2D eigenvalue weighted by atomic mass is 10.0. The number of amides is 1. The fourth-order valence-corrected chi connectivity index (χ4v) is 4.55. The van der Waals surface area contributed by atoms with Crippen molar-refractivity contribution >= 4 is 28.2 Å². The van der Waals surface area contributed by atoms with E-state index >= 15 is 0 Å². The van der Waals surface area contributed by atoms with Gasteiger partial charge in [0.25, 0.3) is 5.91 Å². The minimum atomic E-state index is -0.375. The van der Waals surface area contributed by atoms with Gasteiger partial charge in [0, 0.05) is 18.0 Å². The molecular formula is C21H26N2O4S. The van der Waals surface area contributed by atoms with E-state index in [2.05, 4.69) is 17.1 Å². The van der Waals surface area contributed by atoms with E-state index < -0.39 is 0 Å². The highest BCUT2D eigenvalue weighted by Gasteiger charge is 2.29. The summed E-state index contributed by atoms with van der Waals surface area (Å²) in [7, 11) is 0. The Kier molecular flexibility index (Phi) is 6.70. The first-order chi connectivity index (χ1) is 13.5. The molecule has 6 nitrogen and oxygen atoms in total. The lowest BCUT2D eigenvalue weighted by molar-refractivity contribution is -0.118. The number of aryl methyl sites for hydroxylation is 1. The Labute approximate surface area is 169 Å². The van der Waals surface area contributed by atoms with Gasteiger partial charge in [0.05, 0.1) is 12.2 Å². The maximum Gasteiger partial charge on any atom is 0.341 e. The maximum absolute atomic E-state index is 12.5. The molecule has 1 aromatic heterocycles. The number of carbonyl (C=O) groups excluding carboxylic acids is 2. The minimum Gasteiger partial charge on any atom is -0.483 e. The van der Waals surface area contributed by atoms with Gasteiger partial charge in [-0.3, -0.25) is 9.69 Å². The van der Waals surface area contributed by atoms with Crippen molar-refractivity contribution < 1.29 is 19.1 Å². The van der Waals surface area contributed by atoms with Gasteiger partial charge in [-0.25, -0.2) is 4.79 Å². The SMILES string of the molecule is CCOC(=O)c1c(NC(=O)COc2ccccc2C)sc2c1CCN(CC)C2. The molecule has 2 heterocycles. The zero-order chi connectivity index (χ0) is 20.1. The lowest BCUT2D eigenvalue weighted by Crippen LogP contribution is -2.30. The molecule has 1 aliphatic rings. The van der Waals surface area contributed by atoms with Crippen LogP contribution in [0.15, 0.2) is 24.3 Å². The third-order valence-corrected chi connectivity index (χ3v) is 5.90. The Bertz CT molecular complexity index is 862. The van der Waals surface area contributed by atoms with Crippen molar-refractivity contribution in [2.24, 2.45) is 0 Å². The molecule has 28 heavy (non-hydrogen) atoms. The average Bonchev–Trinajstić information content (AvgIpc) is 3.04. The molecule has 0 saturated carbocycles. The average molecular weight is 403 g/mol. The number of anilines is 1. The van der Waals surface area contributed by atoms with E-state index in [1.165, 1.54) is 11.3 Å². The van der Waals surface area contributed by atoms with Crippen LogP contribution >= 0.6 is 11.3 Å². The molecule has 3 rings (SSSR count). The molecule has 0 spiro atoms. The van der Waals surface area contributed by atoms with Crippen LogP contribution in [0, 0.1) is 6.92 Å². The van der Waals surface area contributed by atoms with Crippen molar-refractivity contribution in [1.29, 1.82) is 0 Å². The predicted molar refractivity (Wildman–Crippen MR) is 110 cm³/mol. The van der Waals surface area contributed by atoms with Crippen molar-refractivity contribution in [2.75, 3.05) is 31.6 Å². The van der Waals surface area contributed by atoms with Crippen molar-refractivity contribution in [2.45, 2.75) is 33.7 Å². The number of carbonyl (C=O) groups is 2. The van der Waals surface area contributed by atoms with Crippen molar-refractivity contribution in [3.63, 3.8) is 0 Å². The maximum atomic E-state index is 12.5. The van der Waals surface area contributed by atoms with Crippen LogP contribution in [0.5, 0.6) is 5.75 Å². The molecule has 7 heteroatoms. The zero-order valence-electron chi connectivity index (χ0n) is 16.5. The van der Waals surface area contributed by atoms with Gasteiger partial charge in [-0.15, -0.1) is 11.3 Å². The molecule has 1 amide bonds. The first kappa shape index (κ1) is 20.4. The molecule has 150 valence electrons. The first-order valence-electron chi connectivity index (χ1n) is 9.55. The van der Waals surface area contributed by atoms with E-state index in [0.717, 1.165) is 42.1 Å². The normalized spacial score (nSPS) is 13.7. The fraction of sp³-hybridized carbons (Fsp3) is 0.429. The summed E-state index contributed by atoms with van der Waals surface area (Å²) >= 11 is 1.46. The van der Waals surface area contributed by atoms with Gasteiger partial charge in [0.2, 0.25) is 0 Å². The second-order valence-corrected chi connectivity index (χ2v) is 7.75. The quantitative estimate of drug-likeness (QED) is 0.717. The van der Waals surface area contributed by atoms with Crippen LogP contribution in [0.3, 0.4) is 0 Å². The molecule has 1 N–H and O–H groups in total. The van der Waals surface area contributed by atoms with E-state index in [4.69, 9.17) is 9.47 Å². The summed E-state index contributed by atoms with van der Waals surface area (Å²) in [5.41, 5.74) is 2.47. The number of ether oxygens (including phenoxy) is 2. The summed E-state index contributed by atoms with van der Waals surface area (Å²) in [5, 5.41) is 3.42. The second kappa shape index (κ2) is 9.21. The number of nitrogens with zero attached hydrogens (tertiary/aromatic N) is 1. The Morgan fingerprint density at radius 2 is 2.04 bits per heavy atom. The second-order valence-electron chi connectivity index (χ2n) is 6.65. The molecule has 0 atom stereocenters. The number of thiophene rings is 1. The van der Waals surface area contributed by atoms with Crippen molar-refractivity contribution in [3.8, 4) is 5.75 Å². The molecule has 0 bridgehead atoms. The van der Waals surface area contributed by atoms with Crippen molar-refractivity contribution in [1.82, 2.24) is 4.90 Å². The molecular weight excluding hydrogens is 376 g/mol. The Morgan fingerprint density at radius 3 is 2.75 bits per heavy atom. The third kappa shape index (κ3) is 4.54. The summed E-state index contributed by atoms with van der Waals surface area (Å²) in [6.07, 6.45) is 0.781. The molecule has 1 aliphatic heterocycles. The summed E-state index contributed by atoms with van der Waals surface area (Å²) in [6.45, 7) is 8.66. The van der Waals surface area contributed by atoms with Gasteiger partial charge in [-0.2, -0.15) is 0 Å². The van der Waals surface area contributed by atoms with Crippen LogP contribution in [0.4, 0.5) is 5.00 Å². The number of hydrogen-bond acceptors (Lipinski definition) is 6. The van der Waals surface area contributed by atoms with Crippen LogP contribution in [0.1, 0.15) is 40.2 Å². The summed E-state index contributed by atoms with van der Waals surface area (Å²) in [5.74, 6) is 0.00662. The van der Waals surface area contributed by atoms with E-state index in [9.17, 15) is 9.59 Å². The molecule has 0 unspecified atom stereocenters. The molecule has 0 saturated heterocycles. The smallest absolute Gasteiger partial charge is 0.341 e. The molecule has 2 aromatic rings. The molecule has 1 aromatic carbocycles. The van der Waals surface area contributed by atoms with E-state index in [-0.39, 0.29) is 18.5 Å². The van der Waals surface area contributed by atoms with Gasteiger partial charge in [0.15, 0.2) is 6.61 Å². The Hall–Kier alpha value is -2.38.